The molecule has 98 valence electrons. The first-order valence-corrected chi connectivity index (χ1v) is 5.37. The highest BCUT2D eigenvalue weighted by Gasteiger charge is 2.27. The van der Waals surface area contributed by atoms with Gasteiger partial charge in [0, 0.05) is 19.4 Å². The van der Waals surface area contributed by atoms with Crippen LogP contribution >= 0.6 is 0 Å². The Kier molecular flexibility index (Phi) is 5.19. The van der Waals surface area contributed by atoms with Crippen LogP contribution in [-0.4, -0.2) is 23.7 Å². The lowest BCUT2D eigenvalue weighted by Gasteiger charge is -2.29. The Morgan fingerprint density at radius 1 is 1.29 bits per heavy atom. The minimum Gasteiger partial charge on any atom is -0.457 e. The lowest BCUT2D eigenvalue weighted by Crippen LogP contribution is -2.34. The van der Waals surface area contributed by atoms with Crippen molar-refractivity contribution < 1.29 is 19.1 Å². The molecule has 0 aromatic rings. The van der Waals surface area contributed by atoms with Gasteiger partial charge in [-0.05, 0) is 27.7 Å². The number of allylic oxidation sites excluding steroid dienone is 1. The predicted octanol–water partition coefficient (Wildman–Crippen LogP) is 1.73. The standard InChI is InChI=1S/C7H10O3.C5H11NO/c1-5-4-6(8)10-7(2,3)9-5;1-5(2,3)6-4-7/h4H,1-3H3;4H,1-3H3,(H,6,7). The molecule has 0 saturated carbocycles. The van der Waals surface area contributed by atoms with Gasteiger partial charge in [0.2, 0.25) is 12.2 Å². The highest BCUT2D eigenvalue weighted by molar-refractivity contribution is 5.83. The van der Waals surface area contributed by atoms with Crippen LogP contribution in [0, 0.1) is 0 Å². The summed E-state index contributed by atoms with van der Waals surface area (Å²) in [6.45, 7) is 10.9. The second-order valence-corrected chi connectivity index (χ2v) is 5.19. The Morgan fingerprint density at radius 3 is 2.06 bits per heavy atom. The van der Waals surface area contributed by atoms with Crippen LogP contribution in [0.5, 0.6) is 0 Å². The van der Waals surface area contributed by atoms with E-state index >= 15 is 0 Å². The SMILES string of the molecule is CC(C)(C)NC=O.CC1=CC(=O)OC(C)(C)O1. The van der Waals surface area contributed by atoms with Gasteiger partial charge in [0.25, 0.3) is 0 Å². The zero-order valence-electron chi connectivity index (χ0n) is 11.3. The number of esters is 1. The fourth-order valence-electron chi connectivity index (χ4n) is 1.05. The van der Waals surface area contributed by atoms with E-state index in [1.807, 2.05) is 20.8 Å². The van der Waals surface area contributed by atoms with E-state index in [-0.39, 0.29) is 11.5 Å². The second kappa shape index (κ2) is 5.70. The fraction of sp³-hybridized carbons (Fsp3) is 0.667. The summed E-state index contributed by atoms with van der Waals surface area (Å²) in [5.74, 6) is -0.536. The molecule has 0 radical (unpaired) electrons. The summed E-state index contributed by atoms with van der Waals surface area (Å²) in [4.78, 5) is 20.4. The third kappa shape index (κ3) is 8.30. The molecule has 1 heterocycles. The van der Waals surface area contributed by atoms with E-state index in [2.05, 4.69) is 5.32 Å². The van der Waals surface area contributed by atoms with Crippen LogP contribution < -0.4 is 5.32 Å². The number of nitrogens with one attached hydrogen (secondary N) is 1. The molecular weight excluding hydrogens is 222 g/mol. The molecule has 0 saturated heterocycles. The molecule has 17 heavy (non-hydrogen) atoms. The smallest absolute Gasteiger partial charge is 0.337 e. The number of amides is 1. The average Bonchev–Trinajstić information content (AvgIpc) is 1.95. The van der Waals surface area contributed by atoms with Crippen molar-refractivity contribution in [1.29, 1.82) is 0 Å². The van der Waals surface area contributed by atoms with Gasteiger partial charge in [-0.3, -0.25) is 4.79 Å². The van der Waals surface area contributed by atoms with Crippen molar-refractivity contribution >= 4 is 12.4 Å². The highest BCUT2D eigenvalue weighted by Crippen LogP contribution is 2.20. The molecule has 0 bridgehead atoms. The van der Waals surface area contributed by atoms with Crippen molar-refractivity contribution in [2.75, 3.05) is 0 Å². The third-order valence-corrected chi connectivity index (χ3v) is 1.57. The molecule has 5 heteroatoms. The van der Waals surface area contributed by atoms with Gasteiger partial charge in [0.1, 0.15) is 5.76 Å². The van der Waals surface area contributed by atoms with E-state index in [9.17, 15) is 9.59 Å². The van der Waals surface area contributed by atoms with Crippen molar-refractivity contribution in [3.63, 3.8) is 0 Å². The molecule has 1 amide bonds. The number of ether oxygens (including phenoxy) is 2. The summed E-state index contributed by atoms with van der Waals surface area (Å²) in [6, 6.07) is 0. The van der Waals surface area contributed by atoms with E-state index < -0.39 is 5.79 Å². The molecule has 0 aliphatic carbocycles. The first-order valence-electron chi connectivity index (χ1n) is 5.37. The van der Waals surface area contributed by atoms with Gasteiger partial charge in [-0.1, -0.05) is 0 Å². The highest BCUT2D eigenvalue weighted by atomic mass is 16.7. The first kappa shape index (κ1) is 15.5. The maximum atomic E-state index is 10.7. The van der Waals surface area contributed by atoms with Crippen molar-refractivity contribution in [2.45, 2.75) is 52.9 Å². The molecular formula is C12H21NO4. The number of cyclic esters (lactones) is 1. The first-order chi connectivity index (χ1) is 7.56. The molecule has 0 unspecified atom stereocenters. The summed E-state index contributed by atoms with van der Waals surface area (Å²) in [7, 11) is 0. The van der Waals surface area contributed by atoms with Gasteiger partial charge in [0.15, 0.2) is 0 Å². The van der Waals surface area contributed by atoms with E-state index in [4.69, 9.17) is 9.47 Å². The predicted molar refractivity (Wildman–Crippen MR) is 64.0 cm³/mol. The molecule has 0 atom stereocenters. The van der Waals surface area contributed by atoms with E-state index in [1.165, 1.54) is 6.08 Å². The summed E-state index contributed by atoms with van der Waals surface area (Å²) < 4.78 is 9.97. The number of rotatable bonds is 1. The normalized spacial score (nSPS) is 17.8. The maximum absolute atomic E-state index is 10.7. The quantitative estimate of drug-likeness (QED) is 0.562. The molecule has 1 aliphatic rings. The van der Waals surface area contributed by atoms with Crippen LogP contribution in [0.2, 0.25) is 0 Å². The number of carbonyl (C=O) groups excluding carboxylic acids is 2. The zero-order valence-corrected chi connectivity index (χ0v) is 11.3. The van der Waals surface area contributed by atoms with Crippen LogP contribution in [-0.2, 0) is 19.1 Å². The number of hydrogen-bond donors (Lipinski definition) is 1. The van der Waals surface area contributed by atoms with Gasteiger partial charge in [0.05, 0.1) is 6.08 Å². The lowest BCUT2D eigenvalue weighted by atomic mass is 10.1. The Labute approximate surface area is 102 Å². The van der Waals surface area contributed by atoms with Gasteiger partial charge in [-0.2, -0.15) is 0 Å². The van der Waals surface area contributed by atoms with Crippen LogP contribution in [0.25, 0.3) is 0 Å². The van der Waals surface area contributed by atoms with Crippen molar-refractivity contribution in [2.24, 2.45) is 0 Å². The molecule has 1 aliphatic heterocycles. The molecule has 1 rings (SSSR count). The molecule has 0 fully saturated rings. The Bertz CT molecular complexity index is 313. The largest absolute Gasteiger partial charge is 0.457 e. The maximum Gasteiger partial charge on any atom is 0.337 e. The lowest BCUT2D eigenvalue weighted by molar-refractivity contribution is -0.204. The fourth-order valence-corrected chi connectivity index (χ4v) is 1.05. The van der Waals surface area contributed by atoms with Gasteiger partial charge in [-0.25, -0.2) is 4.79 Å². The van der Waals surface area contributed by atoms with Gasteiger partial charge >= 0.3 is 5.97 Å². The van der Waals surface area contributed by atoms with Crippen LogP contribution in [0.4, 0.5) is 0 Å². The summed E-state index contributed by atoms with van der Waals surface area (Å²) in [5, 5.41) is 2.60. The summed E-state index contributed by atoms with van der Waals surface area (Å²) >= 11 is 0. The van der Waals surface area contributed by atoms with E-state index in [0.29, 0.717) is 12.2 Å². The zero-order chi connectivity index (χ0) is 13.7. The van der Waals surface area contributed by atoms with Crippen LogP contribution in [0.3, 0.4) is 0 Å². The number of carbonyl (C=O) groups is 2. The molecule has 0 aromatic carbocycles. The van der Waals surface area contributed by atoms with Crippen molar-refractivity contribution in [1.82, 2.24) is 5.32 Å². The topological polar surface area (TPSA) is 64.6 Å². The Hall–Kier alpha value is -1.52. The molecule has 5 nitrogen and oxygen atoms in total. The van der Waals surface area contributed by atoms with E-state index in [1.54, 1.807) is 20.8 Å². The molecule has 0 aromatic heterocycles. The average molecular weight is 243 g/mol. The van der Waals surface area contributed by atoms with Gasteiger partial charge in [-0.15, -0.1) is 0 Å². The minimum atomic E-state index is -0.796. The minimum absolute atomic E-state index is 0.0677. The monoisotopic (exact) mass is 243 g/mol. The third-order valence-electron chi connectivity index (χ3n) is 1.57. The second-order valence-electron chi connectivity index (χ2n) is 5.19. The molecule has 0 spiro atoms. The Balaban J connectivity index is 0.000000325. The van der Waals surface area contributed by atoms with Crippen molar-refractivity contribution in [3.8, 4) is 0 Å². The van der Waals surface area contributed by atoms with Crippen LogP contribution in [0.15, 0.2) is 11.8 Å². The van der Waals surface area contributed by atoms with Crippen molar-refractivity contribution in [3.05, 3.63) is 11.8 Å². The van der Waals surface area contributed by atoms with Gasteiger partial charge < -0.3 is 14.8 Å². The van der Waals surface area contributed by atoms with Crippen LogP contribution in [0.1, 0.15) is 41.5 Å². The number of hydrogen-bond acceptors (Lipinski definition) is 4. The molecule has 1 N–H and O–H groups in total. The van der Waals surface area contributed by atoms with E-state index in [0.717, 1.165) is 0 Å². The summed E-state index contributed by atoms with van der Waals surface area (Å²) in [6.07, 6.45) is 2.03. The summed E-state index contributed by atoms with van der Waals surface area (Å²) in [5.41, 5.74) is -0.0677. The Morgan fingerprint density at radius 2 is 1.82 bits per heavy atom.